The molecule has 0 saturated carbocycles. The number of rotatable bonds is 4. The molecule has 0 atom stereocenters. The zero-order valence-corrected chi connectivity index (χ0v) is 7.59. The molecule has 0 aliphatic rings. The zero-order chi connectivity index (χ0) is 8.28. The molecule has 0 heterocycles. The monoisotopic (exact) mass is 208 g/mol. The SMILES string of the molecule is O.OCP(Cl)(CO)(CO)CO. The number of halogens is 1. The van der Waals surface area contributed by atoms with Crippen molar-refractivity contribution in [2.75, 3.05) is 25.4 Å². The van der Waals surface area contributed by atoms with E-state index in [-0.39, 0.29) is 5.48 Å². The van der Waals surface area contributed by atoms with E-state index >= 15 is 0 Å². The molecule has 0 aliphatic carbocycles. The molecule has 0 fully saturated rings. The molecule has 5 nitrogen and oxygen atoms in total. The van der Waals surface area contributed by atoms with Crippen LogP contribution in [0.2, 0.25) is 0 Å². The Labute approximate surface area is 69.3 Å². The number of aliphatic hydroxyl groups excluding tert-OH is 4. The van der Waals surface area contributed by atoms with E-state index in [4.69, 9.17) is 31.7 Å². The molecule has 7 heteroatoms. The fourth-order valence-corrected chi connectivity index (χ4v) is 0.805. The first-order valence-corrected chi connectivity index (χ1v) is 6.58. The van der Waals surface area contributed by atoms with Gasteiger partial charge < -0.3 is 5.48 Å². The molecule has 0 aliphatic heterocycles. The summed E-state index contributed by atoms with van der Waals surface area (Å²) in [4.78, 5) is 0. The van der Waals surface area contributed by atoms with E-state index in [9.17, 15) is 0 Å². The molecular formula is C4H14ClO5P. The van der Waals surface area contributed by atoms with E-state index < -0.39 is 31.3 Å². The summed E-state index contributed by atoms with van der Waals surface area (Å²) in [6, 6.07) is 0. The van der Waals surface area contributed by atoms with Gasteiger partial charge in [0.2, 0.25) is 0 Å². The molecule has 72 valence electrons. The van der Waals surface area contributed by atoms with Gasteiger partial charge in [-0.3, -0.25) is 0 Å². The first kappa shape index (κ1) is 14.1. The van der Waals surface area contributed by atoms with Crippen LogP contribution in [0.4, 0.5) is 0 Å². The fourth-order valence-electron chi connectivity index (χ4n) is 0.268. The second kappa shape index (κ2) is 4.52. The van der Waals surface area contributed by atoms with Gasteiger partial charge in [0.1, 0.15) is 0 Å². The van der Waals surface area contributed by atoms with Gasteiger partial charge in [0.15, 0.2) is 0 Å². The van der Waals surface area contributed by atoms with Gasteiger partial charge in [-0.05, 0) is 0 Å². The molecule has 0 unspecified atom stereocenters. The summed E-state index contributed by atoms with van der Waals surface area (Å²) in [5.74, 6) is -3.46. The molecule has 0 rings (SSSR count). The zero-order valence-electron chi connectivity index (χ0n) is 5.94. The van der Waals surface area contributed by atoms with Gasteiger partial charge in [-0.2, -0.15) is 0 Å². The summed E-state index contributed by atoms with van der Waals surface area (Å²) in [7, 11) is 0. The van der Waals surface area contributed by atoms with Crippen LogP contribution in [0, 0.1) is 0 Å². The van der Waals surface area contributed by atoms with Gasteiger partial charge in [-0.25, -0.2) is 0 Å². The van der Waals surface area contributed by atoms with Crippen LogP contribution >= 0.6 is 17.2 Å². The van der Waals surface area contributed by atoms with E-state index in [0.717, 1.165) is 0 Å². The molecule has 0 bridgehead atoms. The van der Waals surface area contributed by atoms with Crippen LogP contribution in [0.3, 0.4) is 0 Å². The van der Waals surface area contributed by atoms with Crippen molar-refractivity contribution >= 4 is 17.2 Å². The summed E-state index contributed by atoms with van der Waals surface area (Å²) in [5.41, 5.74) is 0. The Hall–Kier alpha value is 0.520. The van der Waals surface area contributed by atoms with Gasteiger partial charge in [-0.1, -0.05) is 0 Å². The Balaban J connectivity index is 0. The molecular weight excluding hydrogens is 194 g/mol. The number of hydrogen-bond donors (Lipinski definition) is 4. The molecule has 0 aromatic carbocycles. The summed E-state index contributed by atoms with van der Waals surface area (Å²) in [6.45, 7) is 0. The van der Waals surface area contributed by atoms with Crippen molar-refractivity contribution in [3.05, 3.63) is 0 Å². The minimum absolute atomic E-state index is 0. The quantitative estimate of drug-likeness (QED) is 0.429. The summed E-state index contributed by atoms with van der Waals surface area (Å²) in [6.07, 6.45) is -2.18. The van der Waals surface area contributed by atoms with Crippen LogP contribution in [-0.4, -0.2) is 51.3 Å². The second-order valence-corrected chi connectivity index (χ2v) is 10.0. The van der Waals surface area contributed by atoms with Crippen molar-refractivity contribution in [1.29, 1.82) is 0 Å². The van der Waals surface area contributed by atoms with Crippen LogP contribution in [-0.2, 0) is 0 Å². The molecule has 0 spiro atoms. The molecule has 0 aromatic rings. The number of hydrogen-bond acceptors (Lipinski definition) is 4. The molecule has 0 amide bonds. The van der Waals surface area contributed by atoms with Crippen molar-refractivity contribution < 1.29 is 25.9 Å². The summed E-state index contributed by atoms with van der Waals surface area (Å²) < 4.78 is 0. The normalized spacial score (nSPS) is 14.8. The topological polar surface area (TPSA) is 112 Å². The Morgan fingerprint density at radius 2 is 1.00 bits per heavy atom. The van der Waals surface area contributed by atoms with Crippen LogP contribution in [0.5, 0.6) is 0 Å². The standard InChI is InChI=1S/C4H12ClO4P.H2O/c5-10(1-6,2-7,3-8)4-9;/h6-9H,1-4H2;1H2. The first-order valence-electron chi connectivity index (χ1n) is 2.70. The minimum atomic E-state index is -3.46. The van der Waals surface area contributed by atoms with Crippen molar-refractivity contribution in [1.82, 2.24) is 0 Å². The van der Waals surface area contributed by atoms with Crippen LogP contribution < -0.4 is 0 Å². The van der Waals surface area contributed by atoms with Gasteiger partial charge in [0, 0.05) is 0 Å². The van der Waals surface area contributed by atoms with Crippen LogP contribution in [0.25, 0.3) is 0 Å². The maximum atomic E-state index is 8.68. The van der Waals surface area contributed by atoms with Gasteiger partial charge >= 0.3 is 63.0 Å². The van der Waals surface area contributed by atoms with E-state index in [1.54, 1.807) is 0 Å². The Morgan fingerprint density at radius 1 is 0.818 bits per heavy atom. The van der Waals surface area contributed by atoms with Gasteiger partial charge in [0.05, 0.1) is 0 Å². The average Bonchev–Trinajstić information content (AvgIpc) is 2.04. The van der Waals surface area contributed by atoms with E-state index in [1.807, 2.05) is 0 Å². The van der Waals surface area contributed by atoms with E-state index in [0.29, 0.717) is 0 Å². The van der Waals surface area contributed by atoms with E-state index in [2.05, 4.69) is 0 Å². The van der Waals surface area contributed by atoms with Crippen molar-refractivity contribution in [3.63, 3.8) is 0 Å². The molecule has 6 N–H and O–H groups in total. The fraction of sp³-hybridized carbons (Fsp3) is 1.00. The maximum absolute atomic E-state index is 8.68. The van der Waals surface area contributed by atoms with Crippen LogP contribution in [0.15, 0.2) is 0 Å². The predicted octanol–water partition coefficient (Wildman–Crippen LogP) is -1.33. The van der Waals surface area contributed by atoms with Crippen molar-refractivity contribution in [3.8, 4) is 0 Å². The van der Waals surface area contributed by atoms with Crippen molar-refractivity contribution in [2.45, 2.75) is 0 Å². The summed E-state index contributed by atoms with van der Waals surface area (Å²) >= 11 is 5.67. The van der Waals surface area contributed by atoms with Gasteiger partial charge in [-0.15, -0.1) is 0 Å². The Kier molecular flexibility index (Phi) is 5.78. The Morgan fingerprint density at radius 3 is 1.00 bits per heavy atom. The third kappa shape index (κ3) is 2.80. The number of aliphatic hydroxyl groups is 4. The first-order chi connectivity index (χ1) is 4.54. The van der Waals surface area contributed by atoms with Crippen LogP contribution in [0.1, 0.15) is 0 Å². The Bertz CT molecular complexity index is 93.5. The summed E-state index contributed by atoms with van der Waals surface area (Å²) in [5, 5.41) is 34.7. The van der Waals surface area contributed by atoms with Crippen molar-refractivity contribution in [2.24, 2.45) is 0 Å². The molecule has 11 heavy (non-hydrogen) atoms. The molecule has 0 saturated heterocycles. The third-order valence-electron chi connectivity index (χ3n) is 1.41. The molecule has 0 aromatic heterocycles. The predicted molar refractivity (Wildman–Crippen MR) is 44.7 cm³/mol. The van der Waals surface area contributed by atoms with Gasteiger partial charge in [0.25, 0.3) is 0 Å². The average molecular weight is 209 g/mol. The molecule has 0 radical (unpaired) electrons. The van der Waals surface area contributed by atoms with E-state index in [1.165, 1.54) is 0 Å². The second-order valence-electron chi connectivity index (χ2n) is 2.39. The third-order valence-corrected chi connectivity index (χ3v) is 5.52.